The van der Waals surface area contributed by atoms with E-state index in [1.54, 1.807) is 12.3 Å². The molecule has 1 saturated heterocycles. The summed E-state index contributed by atoms with van der Waals surface area (Å²) in [5.41, 5.74) is 10.7. The van der Waals surface area contributed by atoms with E-state index < -0.39 is 5.91 Å². The minimum Gasteiger partial charge on any atom is -0.379 e. The van der Waals surface area contributed by atoms with Gasteiger partial charge in [0.1, 0.15) is 5.82 Å². The molecule has 3 N–H and O–H groups in total. The molecule has 0 unspecified atom stereocenters. The van der Waals surface area contributed by atoms with E-state index in [1.807, 2.05) is 48.7 Å². The number of benzene rings is 2. The number of carbonyl (C=O) groups is 1. The number of hydrogen-bond acceptors (Lipinski definition) is 5. The van der Waals surface area contributed by atoms with Gasteiger partial charge in [-0.1, -0.05) is 43.2 Å². The highest BCUT2D eigenvalue weighted by atomic mass is 16.5. The van der Waals surface area contributed by atoms with Crippen LogP contribution >= 0.6 is 0 Å². The standard InChI is InChI=1S/C29H34N6O2/c30-28(36)26-13-8-12-25(22-19-31-32-20-22)27(26)29-33-23(21-35(29)24-10-5-3-6-11-24)9-4-1-2-7-14-34-15-17-37-18-16-34/h3,5-6,8,10-13,19-21H,1-2,4,7,9,14-18H2,(H2,30,36)(H,31,32). The average Bonchev–Trinajstić information content (AvgIpc) is 3.62. The van der Waals surface area contributed by atoms with Gasteiger partial charge in [-0.05, 0) is 49.6 Å². The molecule has 1 amide bonds. The minimum atomic E-state index is -0.482. The predicted molar refractivity (Wildman–Crippen MR) is 145 cm³/mol. The van der Waals surface area contributed by atoms with Crippen molar-refractivity contribution in [3.63, 3.8) is 0 Å². The number of H-pyrrole nitrogens is 1. The van der Waals surface area contributed by atoms with Gasteiger partial charge >= 0.3 is 0 Å². The number of unbranched alkanes of at least 4 members (excludes halogenated alkanes) is 3. The Hall–Kier alpha value is -3.75. The maximum atomic E-state index is 12.5. The van der Waals surface area contributed by atoms with E-state index in [-0.39, 0.29) is 0 Å². The first kappa shape index (κ1) is 24.9. The fourth-order valence-corrected chi connectivity index (χ4v) is 4.97. The molecule has 0 aliphatic carbocycles. The number of ether oxygens (including phenoxy) is 1. The molecule has 0 bridgehead atoms. The van der Waals surface area contributed by atoms with Crippen LogP contribution in [0.15, 0.2) is 67.1 Å². The molecular formula is C29H34N6O2. The summed E-state index contributed by atoms with van der Waals surface area (Å²) in [6.07, 6.45) is 11.2. The van der Waals surface area contributed by atoms with Crippen LogP contribution in [0.4, 0.5) is 0 Å². The summed E-state index contributed by atoms with van der Waals surface area (Å²) in [7, 11) is 0. The smallest absolute Gasteiger partial charge is 0.249 e. The van der Waals surface area contributed by atoms with Crippen LogP contribution in [0.2, 0.25) is 0 Å². The van der Waals surface area contributed by atoms with Gasteiger partial charge in [0.2, 0.25) is 5.91 Å². The van der Waals surface area contributed by atoms with Gasteiger partial charge in [-0.25, -0.2) is 4.98 Å². The molecule has 8 heteroatoms. The number of hydrogen-bond donors (Lipinski definition) is 2. The number of para-hydroxylation sites is 1. The summed E-state index contributed by atoms with van der Waals surface area (Å²) in [4.78, 5) is 20.1. The van der Waals surface area contributed by atoms with Gasteiger partial charge in [0.05, 0.1) is 30.7 Å². The van der Waals surface area contributed by atoms with Gasteiger partial charge in [-0.15, -0.1) is 0 Å². The molecule has 0 spiro atoms. The molecule has 0 atom stereocenters. The van der Waals surface area contributed by atoms with Gasteiger partial charge in [0, 0.05) is 42.3 Å². The summed E-state index contributed by atoms with van der Waals surface area (Å²) >= 11 is 0. The van der Waals surface area contributed by atoms with Crippen molar-refractivity contribution in [2.24, 2.45) is 5.73 Å². The Balaban J connectivity index is 1.39. The third-order valence-corrected chi connectivity index (χ3v) is 6.91. The summed E-state index contributed by atoms with van der Waals surface area (Å²) in [5.74, 6) is 0.226. The lowest BCUT2D eigenvalue weighted by atomic mass is 9.96. The molecule has 4 aromatic rings. The maximum Gasteiger partial charge on any atom is 0.249 e. The third-order valence-electron chi connectivity index (χ3n) is 6.91. The number of carbonyl (C=O) groups excluding carboxylic acids is 1. The van der Waals surface area contributed by atoms with Crippen LogP contribution in [0.1, 0.15) is 41.7 Å². The highest BCUT2D eigenvalue weighted by Gasteiger charge is 2.22. The summed E-state index contributed by atoms with van der Waals surface area (Å²) in [6.45, 7) is 4.96. The second-order valence-corrected chi connectivity index (χ2v) is 9.46. The van der Waals surface area contributed by atoms with Crippen molar-refractivity contribution in [1.82, 2.24) is 24.6 Å². The number of nitrogens with zero attached hydrogens (tertiary/aromatic N) is 4. The van der Waals surface area contributed by atoms with E-state index >= 15 is 0 Å². The molecule has 1 fully saturated rings. The molecule has 37 heavy (non-hydrogen) atoms. The Bertz CT molecular complexity index is 1290. The molecule has 1 aliphatic heterocycles. The van der Waals surface area contributed by atoms with Crippen LogP contribution in [0.25, 0.3) is 28.2 Å². The average molecular weight is 499 g/mol. The Kier molecular flexibility index (Phi) is 8.08. The summed E-state index contributed by atoms with van der Waals surface area (Å²) < 4.78 is 7.51. The third kappa shape index (κ3) is 5.98. The quantitative estimate of drug-likeness (QED) is 0.297. The number of amides is 1. The Morgan fingerprint density at radius 3 is 2.57 bits per heavy atom. The number of morpholine rings is 1. The van der Waals surface area contributed by atoms with E-state index in [1.165, 1.54) is 12.8 Å². The molecule has 5 rings (SSSR count). The van der Waals surface area contributed by atoms with E-state index in [2.05, 4.69) is 25.9 Å². The van der Waals surface area contributed by atoms with E-state index in [9.17, 15) is 4.79 Å². The second-order valence-electron chi connectivity index (χ2n) is 9.46. The first-order chi connectivity index (χ1) is 18.2. The largest absolute Gasteiger partial charge is 0.379 e. The zero-order chi connectivity index (χ0) is 25.5. The zero-order valence-electron chi connectivity index (χ0n) is 21.1. The number of aryl methyl sites for hydroxylation is 1. The van der Waals surface area contributed by atoms with Gasteiger partial charge in [-0.3, -0.25) is 19.4 Å². The van der Waals surface area contributed by atoms with Gasteiger partial charge < -0.3 is 10.5 Å². The van der Waals surface area contributed by atoms with Gasteiger partial charge in [0.25, 0.3) is 0 Å². The van der Waals surface area contributed by atoms with Crippen molar-refractivity contribution < 1.29 is 9.53 Å². The molecule has 0 saturated carbocycles. The topological polar surface area (TPSA) is 102 Å². The molecule has 8 nitrogen and oxygen atoms in total. The van der Waals surface area contributed by atoms with Crippen LogP contribution in [-0.2, 0) is 11.2 Å². The lowest BCUT2D eigenvalue weighted by Crippen LogP contribution is -2.36. The number of primary amides is 1. The first-order valence-corrected chi connectivity index (χ1v) is 13.1. The molecule has 2 aromatic heterocycles. The van der Waals surface area contributed by atoms with E-state index in [0.29, 0.717) is 11.4 Å². The summed E-state index contributed by atoms with van der Waals surface area (Å²) in [5, 5.41) is 6.98. The zero-order valence-corrected chi connectivity index (χ0v) is 21.1. The van der Waals surface area contributed by atoms with Crippen molar-refractivity contribution in [2.45, 2.75) is 32.1 Å². The van der Waals surface area contributed by atoms with Crippen LogP contribution in [0.3, 0.4) is 0 Å². The van der Waals surface area contributed by atoms with Crippen molar-refractivity contribution in [2.75, 3.05) is 32.8 Å². The first-order valence-electron chi connectivity index (χ1n) is 13.1. The Morgan fingerprint density at radius 2 is 1.81 bits per heavy atom. The SMILES string of the molecule is NC(=O)c1cccc(-c2cn[nH]c2)c1-c1nc(CCCCCCN2CCOCC2)cn1-c1ccccc1. The number of nitrogens with one attached hydrogen (secondary N) is 1. The number of imidazole rings is 1. The van der Waals surface area contributed by atoms with E-state index in [0.717, 1.165) is 80.2 Å². The van der Waals surface area contributed by atoms with Crippen LogP contribution < -0.4 is 5.73 Å². The fourth-order valence-electron chi connectivity index (χ4n) is 4.97. The minimum absolute atomic E-state index is 0.441. The molecule has 2 aromatic carbocycles. The normalized spacial score (nSPS) is 14.2. The number of nitrogens with two attached hydrogens (primary N) is 1. The monoisotopic (exact) mass is 498 g/mol. The molecule has 3 heterocycles. The highest BCUT2D eigenvalue weighted by Crippen LogP contribution is 2.35. The molecule has 192 valence electrons. The Morgan fingerprint density at radius 1 is 1.00 bits per heavy atom. The maximum absolute atomic E-state index is 12.5. The van der Waals surface area contributed by atoms with Gasteiger partial charge in [0.15, 0.2) is 0 Å². The lowest BCUT2D eigenvalue weighted by molar-refractivity contribution is 0.0371. The Labute approximate surface area is 217 Å². The predicted octanol–water partition coefficient (Wildman–Crippen LogP) is 4.46. The van der Waals surface area contributed by atoms with Crippen LogP contribution in [-0.4, -0.2) is 63.4 Å². The van der Waals surface area contributed by atoms with Gasteiger partial charge in [-0.2, -0.15) is 5.10 Å². The van der Waals surface area contributed by atoms with Crippen molar-refractivity contribution in [3.05, 3.63) is 78.4 Å². The number of aromatic nitrogens is 4. The summed E-state index contributed by atoms with van der Waals surface area (Å²) in [6, 6.07) is 15.7. The van der Waals surface area contributed by atoms with Crippen molar-refractivity contribution >= 4 is 5.91 Å². The van der Waals surface area contributed by atoms with Crippen LogP contribution in [0, 0.1) is 0 Å². The van der Waals surface area contributed by atoms with Crippen LogP contribution in [0.5, 0.6) is 0 Å². The van der Waals surface area contributed by atoms with Crippen molar-refractivity contribution in [3.8, 4) is 28.2 Å². The number of aromatic amines is 1. The highest BCUT2D eigenvalue weighted by molar-refractivity contribution is 6.03. The lowest BCUT2D eigenvalue weighted by Gasteiger charge is -2.26. The number of rotatable bonds is 11. The fraction of sp³-hybridized carbons (Fsp3) is 0.345. The molecule has 0 radical (unpaired) electrons. The molecular weight excluding hydrogens is 464 g/mol. The molecule has 1 aliphatic rings. The second kappa shape index (κ2) is 12.0. The van der Waals surface area contributed by atoms with Crippen molar-refractivity contribution in [1.29, 1.82) is 0 Å². The van der Waals surface area contributed by atoms with E-state index in [4.69, 9.17) is 15.5 Å².